The molecule has 0 rings (SSSR count). The van der Waals surface area contributed by atoms with Crippen LogP contribution in [0.5, 0.6) is 0 Å². The first-order valence-corrected chi connectivity index (χ1v) is 9.69. The largest absolute Gasteiger partial charge is 0.461 e. The highest BCUT2D eigenvalue weighted by atomic mass is 19.3. The van der Waals surface area contributed by atoms with Crippen molar-refractivity contribution >= 4 is 5.97 Å². The molecule has 1 N–H and O–H groups in total. The highest BCUT2D eigenvalue weighted by Crippen LogP contribution is 2.25. The topological polar surface area (TPSA) is 46.5 Å². The summed E-state index contributed by atoms with van der Waals surface area (Å²) in [6.45, 7) is 3.57. The number of carbonyl (C=O) groups excluding carboxylic acids is 1. The summed E-state index contributed by atoms with van der Waals surface area (Å²) in [7, 11) is 0. The molecular formula is C19H36F2O3. The third-order valence-corrected chi connectivity index (χ3v) is 4.30. The van der Waals surface area contributed by atoms with E-state index in [1.165, 1.54) is 58.3 Å². The monoisotopic (exact) mass is 350 g/mol. The lowest BCUT2D eigenvalue weighted by Crippen LogP contribution is -2.42. The van der Waals surface area contributed by atoms with Crippen LogP contribution in [0.1, 0.15) is 97.3 Å². The molecule has 0 aliphatic heterocycles. The van der Waals surface area contributed by atoms with E-state index in [9.17, 15) is 18.7 Å². The lowest BCUT2D eigenvalue weighted by molar-refractivity contribution is -0.188. The van der Waals surface area contributed by atoms with E-state index in [1.54, 1.807) is 0 Å². The van der Waals surface area contributed by atoms with Crippen LogP contribution in [-0.4, -0.2) is 29.7 Å². The highest BCUT2D eigenvalue weighted by molar-refractivity contribution is 5.78. The van der Waals surface area contributed by atoms with Crippen LogP contribution in [-0.2, 0) is 9.53 Å². The summed E-state index contributed by atoms with van der Waals surface area (Å²) in [5.41, 5.74) is 0. The smallest absolute Gasteiger partial charge is 0.379 e. The van der Waals surface area contributed by atoms with Crippen molar-refractivity contribution in [3.8, 4) is 0 Å². The van der Waals surface area contributed by atoms with Crippen molar-refractivity contribution in [1.82, 2.24) is 0 Å². The molecule has 0 heterocycles. The maximum Gasteiger partial charge on any atom is 0.379 e. The lowest BCUT2D eigenvalue weighted by Gasteiger charge is -2.20. The van der Waals surface area contributed by atoms with Gasteiger partial charge in [-0.25, -0.2) is 4.79 Å². The summed E-state index contributed by atoms with van der Waals surface area (Å²) in [5, 5.41) is 9.48. The van der Waals surface area contributed by atoms with Crippen molar-refractivity contribution in [3.63, 3.8) is 0 Å². The van der Waals surface area contributed by atoms with E-state index in [1.807, 2.05) is 0 Å². The van der Waals surface area contributed by atoms with Gasteiger partial charge in [0.1, 0.15) is 6.10 Å². The van der Waals surface area contributed by atoms with Gasteiger partial charge >= 0.3 is 11.9 Å². The Balaban J connectivity index is 3.51. The second kappa shape index (κ2) is 14.6. The van der Waals surface area contributed by atoms with Crippen molar-refractivity contribution in [2.75, 3.05) is 6.61 Å². The van der Waals surface area contributed by atoms with Gasteiger partial charge in [0.15, 0.2) is 0 Å². The molecule has 24 heavy (non-hydrogen) atoms. The third kappa shape index (κ3) is 11.0. The van der Waals surface area contributed by atoms with Crippen LogP contribution in [0.25, 0.3) is 0 Å². The molecule has 0 saturated carbocycles. The third-order valence-electron chi connectivity index (χ3n) is 4.30. The van der Waals surface area contributed by atoms with Gasteiger partial charge in [0.05, 0.1) is 6.61 Å². The molecule has 0 amide bonds. The van der Waals surface area contributed by atoms with Crippen LogP contribution in [0.3, 0.4) is 0 Å². The Labute approximate surface area is 146 Å². The fourth-order valence-electron chi connectivity index (χ4n) is 2.72. The van der Waals surface area contributed by atoms with E-state index in [4.69, 9.17) is 0 Å². The van der Waals surface area contributed by atoms with Crippen LogP contribution in [0.2, 0.25) is 0 Å². The number of hydrogen-bond acceptors (Lipinski definition) is 3. The number of ether oxygens (including phenoxy) is 1. The van der Waals surface area contributed by atoms with Gasteiger partial charge < -0.3 is 9.84 Å². The van der Waals surface area contributed by atoms with Gasteiger partial charge in [0, 0.05) is 0 Å². The molecule has 1 unspecified atom stereocenters. The molecule has 0 aromatic heterocycles. The first-order chi connectivity index (χ1) is 11.5. The Kier molecular flexibility index (Phi) is 14.2. The van der Waals surface area contributed by atoms with E-state index < -0.39 is 18.0 Å². The zero-order valence-electron chi connectivity index (χ0n) is 15.5. The average Bonchev–Trinajstić information content (AvgIpc) is 2.55. The number of aliphatic hydroxyl groups is 1. The Bertz CT molecular complexity index is 309. The average molecular weight is 350 g/mol. The number of alkyl halides is 2. The van der Waals surface area contributed by atoms with E-state index in [2.05, 4.69) is 11.7 Å². The first kappa shape index (κ1) is 23.3. The lowest BCUT2D eigenvalue weighted by atomic mass is 10.0. The Morgan fingerprint density at radius 3 is 1.71 bits per heavy atom. The molecule has 0 aromatic rings. The number of halogens is 2. The molecule has 0 saturated heterocycles. The summed E-state index contributed by atoms with van der Waals surface area (Å²) in [4.78, 5) is 11.1. The fraction of sp³-hybridized carbons (Fsp3) is 0.947. The van der Waals surface area contributed by atoms with Crippen LogP contribution in [0.4, 0.5) is 8.78 Å². The summed E-state index contributed by atoms with van der Waals surface area (Å²) < 4.78 is 31.3. The molecule has 0 fully saturated rings. The minimum absolute atomic E-state index is 0.0662. The molecule has 0 bridgehead atoms. The Morgan fingerprint density at radius 1 is 0.875 bits per heavy atom. The van der Waals surface area contributed by atoms with E-state index in [-0.39, 0.29) is 13.0 Å². The van der Waals surface area contributed by atoms with Crippen LogP contribution in [0.15, 0.2) is 0 Å². The zero-order valence-corrected chi connectivity index (χ0v) is 15.5. The van der Waals surface area contributed by atoms with Crippen molar-refractivity contribution in [1.29, 1.82) is 0 Å². The van der Waals surface area contributed by atoms with Crippen molar-refractivity contribution in [2.45, 2.75) is 109 Å². The second-order valence-electron chi connectivity index (χ2n) is 6.54. The molecule has 5 heteroatoms. The van der Waals surface area contributed by atoms with E-state index in [0.717, 1.165) is 19.3 Å². The van der Waals surface area contributed by atoms with Gasteiger partial charge in [-0.15, -0.1) is 0 Å². The van der Waals surface area contributed by atoms with Crippen LogP contribution < -0.4 is 0 Å². The molecule has 0 aromatic carbocycles. The van der Waals surface area contributed by atoms with E-state index >= 15 is 0 Å². The number of unbranched alkanes of at least 4 members (excludes halogenated alkanes) is 11. The first-order valence-electron chi connectivity index (χ1n) is 9.69. The summed E-state index contributed by atoms with van der Waals surface area (Å²) in [5.74, 6) is -5.43. The van der Waals surface area contributed by atoms with Gasteiger partial charge in [-0.1, -0.05) is 84.0 Å². The normalized spacial score (nSPS) is 13.0. The zero-order chi connectivity index (χ0) is 18.3. The van der Waals surface area contributed by atoms with Gasteiger partial charge in [0.25, 0.3) is 0 Å². The van der Waals surface area contributed by atoms with Gasteiger partial charge in [0.2, 0.25) is 0 Å². The van der Waals surface area contributed by atoms with Crippen molar-refractivity contribution in [2.24, 2.45) is 0 Å². The quantitative estimate of drug-likeness (QED) is 0.289. The van der Waals surface area contributed by atoms with Crippen molar-refractivity contribution < 1.29 is 23.4 Å². The predicted octanol–water partition coefficient (Wildman–Crippen LogP) is 5.64. The number of aliphatic hydroxyl groups excluding tert-OH is 1. The van der Waals surface area contributed by atoms with Gasteiger partial charge in [-0.05, 0) is 13.3 Å². The number of carbonyl (C=O) groups is 1. The fourth-order valence-corrected chi connectivity index (χ4v) is 2.72. The van der Waals surface area contributed by atoms with Crippen molar-refractivity contribution in [3.05, 3.63) is 0 Å². The molecular weight excluding hydrogens is 314 g/mol. The number of hydrogen-bond donors (Lipinski definition) is 1. The number of esters is 1. The van der Waals surface area contributed by atoms with Crippen LogP contribution in [0, 0.1) is 0 Å². The minimum atomic E-state index is -3.80. The van der Waals surface area contributed by atoms with E-state index in [0.29, 0.717) is 6.42 Å². The standard InChI is InChI=1S/C19H36F2O3/c1-3-5-6-7-8-9-10-11-12-13-14-15-16-17(22)19(20,21)18(23)24-4-2/h17,22H,3-16H2,1-2H3. The SMILES string of the molecule is CCCCCCCCCCCCCCC(O)C(F)(F)C(=O)OCC. The molecule has 0 radical (unpaired) electrons. The Hall–Kier alpha value is -0.710. The maximum absolute atomic E-state index is 13.5. The summed E-state index contributed by atoms with van der Waals surface area (Å²) >= 11 is 0. The molecule has 1 atom stereocenters. The predicted molar refractivity (Wildman–Crippen MR) is 93.3 cm³/mol. The number of rotatable bonds is 16. The summed E-state index contributed by atoms with van der Waals surface area (Å²) in [6.07, 6.45) is 11.7. The molecule has 0 aliphatic rings. The highest BCUT2D eigenvalue weighted by Gasteiger charge is 2.47. The molecule has 3 nitrogen and oxygen atoms in total. The molecule has 144 valence electrons. The van der Waals surface area contributed by atoms with Gasteiger partial charge in [-0.2, -0.15) is 8.78 Å². The van der Waals surface area contributed by atoms with Gasteiger partial charge in [-0.3, -0.25) is 0 Å². The second-order valence-corrected chi connectivity index (χ2v) is 6.54. The molecule has 0 aliphatic carbocycles. The Morgan fingerprint density at radius 2 is 1.29 bits per heavy atom. The van der Waals surface area contributed by atoms with Crippen LogP contribution >= 0.6 is 0 Å². The maximum atomic E-state index is 13.5. The minimum Gasteiger partial charge on any atom is -0.461 e. The summed E-state index contributed by atoms with van der Waals surface area (Å²) in [6, 6.07) is 0. The molecule has 0 spiro atoms.